The summed E-state index contributed by atoms with van der Waals surface area (Å²) < 4.78 is 5.67. The number of aryl methyl sites for hydroxylation is 2. The number of piperazine rings is 1. The van der Waals surface area contributed by atoms with E-state index in [1.54, 1.807) is 0 Å². The number of nitrogens with one attached hydrogen (secondary N) is 1. The van der Waals surface area contributed by atoms with Crippen LogP contribution in [0, 0.1) is 13.8 Å². The Morgan fingerprint density at radius 1 is 1.21 bits per heavy atom. The fourth-order valence-electron chi connectivity index (χ4n) is 2.81. The summed E-state index contributed by atoms with van der Waals surface area (Å²) in [6, 6.07) is 6.39. The Hall–Kier alpha value is -1.59. The summed E-state index contributed by atoms with van der Waals surface area (Å²) >= 11 is 0. The van der Waals surface area contributed by atoms with Gasteiger partial charge in [-0.3, -0.25) is 9.69 Å². The molecule has 0 radical (unpaired) electrons. The van der Waals surface area contributed by atoms with Crippen LogP contribution in [0.15, 0.2) is 18.2 Å². The predicted molar refractivity (Wildman–Crippen MR) is 97.6 cm³/mol. The van der Waals surface area contributed by atoms with Crippen LogP contribution in [-0.2, 0) is 4.79 Å². The Kier molecular flexibility index (Phi) is 7.06. The van der Waals surface area contributed by atoms with Crippen LogP contribution in [0.1, 0.15) is 24.5 Å². The number of nitrogens with zero attached hydrogens (tertiary/aromatic N) is 2. The lowest BCUT2D eigenvalue weighted by Crippen LogP contribution is -2.51. The molecule has 1 saturated heterocycles. The minimum Gasteiger partial charge on any atom is -0.493 e. The summed E-state index contributed by atoms with van der Waals surface area (Å²) in [4.78, 5) is 16.8. The molecule has 2 rings (SSSR count). The molecule has 134 valence electrons. The molecule has 0 saturated carbocycles. The third-order valence-electron chi connectivity index (χ3n) is 4.83. The zero-order valence-corrected chi connectivity index (χ0v) is 15.5. The minimum absolute atomic E-state index is 0.0554. The summed E-state index contributed by atoms with van der Waals surface area (Å²) in [5.41, 5.74) is 2.45. The van der Waals surface area contributed by atoms with Gasteiger partial charge in [0, 0.05) is 38.8 Å². The lowest BCUT2D eigenvalue weighted by molar-refractivity contribution is -0.121. The van der Waals surface area contributed by atoms with Crippen molar-refractivity contribution >= 4 is 5.91 Å². The molecule has 1 aliphatic rings. The minimum atomic E-state index is 0.0554. The fourth-order valence-corrected chi connectivity index (χ4v) is 2.81. The highest BCUT2D eigenvalue weighted by Gasteiger charge is 2.19. The van der Waals surface area contributed by atoms with E-state index in [-0.39, 0.29) is 5.91 Å². The molecule has 24 heavy (non-hydrogen) atoms. The van der Waals surface area contributed by atoms with Crippen molar-refractivity contribution in [1.82, 2.24) is 15.1 Å². The molecular formula is C19H31N3O2. The summed E-state index contributed by atoms with van der Waals surface area (Å²) in [5, 5.41) is 3.02. The Balaban J connectivity index is 1.63. The second-order valence-electron chi connectivity index (χ2n) is 6.84. The highest BCUT2D eigenvalue weighted by atomic mass is 16.5. The van der Waals surface area contributed by atoms with Gasteiger partial charge in [0.25, 0.3) is 0 Å². The molecule has 1 aliphatic heterocycles. The monoisotopic (exact) mass is 333 g/mol. The largest absolute Gasteiger partial charge is 0.493 e. The number of carbonyl (C=O) groups excluding carboxylic acids is 1. The van der Waals surface area contributed by atoms with E-state index in [2.05, 4.69) is 42.9 Å². The summed E-state index contributed by atoms with van der Waals surface area (Å²) in [6.07, 6.45) is 0.391. The molecule has 0 unspecified atom stereocenters. The van der Waals surface area contributed by atoms with Gasteiger partial charge in [-0.2, -0.15) is 0 Å². The second-order valence-corrected chi connectivity index (χ2v) is 6.84. The first-order chi connectivity index (χ1) is 11.5. The Morgan fingerprint density at radius 3 is 2.58 bits per heavy atom. The van der Waals surface area contributed by atoms with Gasteiger partial charge in [-0.05, 0) is 51.1 Å². The average Bonchev–Trinajstić information content (AvgIpc) is 2.56. The third kappa shape index (κ3) is 5.80. The second kappa shape index (κ2) is 9.04. The van der Waals surface area contributed by atoms with E-state index in [9.17, 15) is 4.79 Å². The summed E-state index contributed by atoms with van der Waals surface area (Å²) in [5.74, 6) is 0.886. The molecule has 1 heterocycles. The molecule has 1 aromatic carbocycles. The third-order valence-corrected chi connectivity index (χ3v) is 4.83. The van der Waals surface area contributed by atoms with Crippen LogP contribution in [0.3, 0.4) is 0 Å². The van der Waals surface area contributed by atoms with Gasteiger partial charge in [0.2, 0.25) is 5.91 Å². The number of ether oxygens (including phenoxy) is 1. The van der Waals surface area contributed by atoms with Crippen molar-refractivity contribution in [1.29, 1.82) is 0 Å². The van der Waals surface area contributed by atoms with Crippen LogP contribution in [0.5, 0.6) is 5.75 Å². The zero-order valence-electron chi connectivity index (χ0n) is 15.5. The van der Waals surface area contributed by atoms with Gasteiger partial charge in [0.1, 0.15) is 5.75 Å². The molecule has 1 amide bonds. The zero-order chi connectivity index (χ0) is 17.5. The van der Waals surface area contributed by atoms with Crippen LogP contribution in [0.4, 0.5) is 0 Å². The van der Waals surface area contributed by atoms with Crippen LogP contribution < -0.4 is 10.1 Å². The van der Waals surface area contributed by atoms with Gasteiger partial charge in [0.05, 0.1) is 13.0 Å². The van der Waals surface area contributed by atoms with E-state index in [1.165, 1.54) is 11.1 Å². The van der Waals surface area contributed by atoms with Crippen LogP contribution in [-0.4, -0.2) is 68.1 Å². The maximum absolute atomic E-state index is 12.0. The van der Waals surface area contributed by atoms with Crippen molar-refractivity contribution in [3.8, 4) is 5.75 Å². The number of hydrogen-bond acceptors (Lipinski definition) is 4. The maximum Gasteiger partial charge on any atom is 0.223 e. The van der Waals surface area contributed by atoms with Gasteiger partial charge in [-0.15, -0.1) is 0 Å². The Bertz CT molecular complexity index is 539. The molecule has 5 nitrogen and oxygen atoms in total. The van der Waals surface area contributed by atoms with Gasteiger partial charge in [0.15, 0.2) is 0 Å². The first-order valence-electron chi connectivity index (χ1n) is 8.85. The topological polar surface area (TPSA) is 44.8 Å². The number of rotatable bonds is 7. The van der Waals surface area contributed by atoms with E-state index in [0.717, 1.165) is 31.9 Å². The number of benzene rings is 1. The number of amides is 1. The molecule has 0 aliphatic carbocycles. The lowest BCUT2D eigenvalue weighted by Gasteiger charge is -2.36. The quantitative estimate of drug-likeness (QED) is 0.827. The van der Waals surface area contributed by atoms with Gasteiger partial charge < -0.3 is 15.0 Å². The predicted octanol–water partition coefficient (Wildman–Crippen LogP) is 1.82. The van der Waals surface area contributed by atoms with Crippen molar-refractivity contribution in [2.24, 2.45) is 0 Å². The van der Waals surface area contributed by atoms with Gasteiger partial charge in [-0.1, -0.05) is 6.07 Å². The standard InChI is InChI=1S/C19H31N3O2/c1-15-5-6-18(13-16(15)2)24-12-7-19(23)20-14-17(3)22-10-8-21(4)9-11-22/h5-6,13,17H,7-12,14H2,1-4H3,(H,20,23)/t17-/m1/s1. The smallest absolute Gasteiger partial charge is 0.223 e. The van der Waals surface area contributed by atoms with Crippen molar-refractivity contribution in [2.45, 2.75) is 33.2 Å². The highest BCUT2D eigenvalue weighted by molar-refractivity contribution is 5.76. The Morgan fingerprint density at radius 2 is 1.92 bits per heavy atom. The van der Waals surface area contributed by atoms with Crippen molar-refractivity contribution in [2.75, 3.05) is 46.4 Å². The molecule has 5 heteroatoms. The number of carbonyl (C=O) groups is 1. The van der Waals surface area contributed by atoms with E-state index < -0.39 is 0 Å². The fraction of sp³-hybridized carbons (Fsp3) is 0.632. The van der Waals surface area contributed by atoms with E-state index in [4.69, 9.17) is 4.74 Å². The first-order valence-corrected chi connectivity index (χ1v) is 8.85. The van der Waals surface area contributed by atoms with E-state index in [1.807, 2.05) is 18.2 Å². The highest BCUT2D eigenvalue weighted by Crippen LogP contribution is 2.16. The van der Waals surface area contributed by atoms with E-state index >= 15 is 0 Å². The van der Waals surface area contributed by atoms with Crippen LogP contribution in [0.2, 0.25) is 0 Å². The molecule has 0 bridgehead atoms. The summed E-state index contributed by atoms with van der Waals surface area (Å²) in [6.45, 7) is 11.8. The average molecular weight is 333 g/mol. The van der Waals surface area contributed by atoms with Crippen molar-refractivity contribution in [3.63, 3.8) is 0 Å². The van der Waals surface area contributed by atoms with Gasteiger partial charge in [-0.25, -0.2) is 0 Å². The first kappa shape index (κ1) is 18.7. The van der Waals surface area contributed by atoms with Crippen LogP contribution in [0.25, 0.3) is 0 Å². The molecular weight excluding hydrogens is 302 g/mol. The number of likely N-dealkylation sites (N-methyl/N-ethyl adjacent to an activating group) is 1. The van der Waals surface area contributed by atoms with Crippen molar-refractivity contribution < 1.29 is 9.53 Å². The lowest BCUT2D eigenvalue weighted by atomic mass is 10.1. The maximum atomic E-state index is 12.0. The van der Waals surface area contributed by atoms with E-state index in [0.29, 0.717) is 25.6 Å². The normalized spacial score (nSPS) is 17.5. The van der Waals surface area contributed by atoms with Crippen LogP contribution >= 0.6 is 0 Å². The molecule has 0 aromatic heterocycles. The molecule has 1 N–H and O–H groups in total. The van der Waals surface area contributed by atoms with Crippen molar-refractivity contribution in [3.05, 3.63) is 29.3 Å². The molecule has 1 atom stereocenters. The molecule has 0 spiro atoms. The SMILES string of the molecule is Cc1ccc(OCCC(=O)NC[C@@H](C)N2CCN(C)CC2)cc1C. The number of hydrogen-bond donors (Lipinski definition) is 1. The molecule has 1 fully saturated rings. The van der Waals surface area contributed by atoms with Gasteiger partial charge >= 0.3 is 0 Å². The summed E-state index contributed by atoms with van der Waals surface area (Å²) in [7, 11) is 2.15. The molecule has 1 aromatic rings. The Labute approximate surface area is 146 Å².